The Kier molecular flexibility index (Phi) is 5.87. The lowest BCUT2D eigenvalue weighted by molar-refractivity contribution is -0.122. The minimum atomic E-state index is -0.581. The van der Waals surface area contributed by atoms with E-state index >= 15 is 0 Å². The number of hydrogen-bond donors (Lipinski definition) is 1. The van der Waals surface area contributed by atoms with E-state index in [1.165, 1.54) is 11.1 Å². The number of nitrogens with zero attached hydrogens (tertiary/aromatic N) is 1. The monoisotopic (exact) mass is 360 g/mol. The number of anilines is 1. The van der Waals surface area contributed by atoms with Crippen LogP contribution in [-0.2, 0) is 11.2 Å². The number of nitrogens with one attached hydrogen (secondary N) is 1. The molecule has 1 unspecified atom stereocenters. The number of ether oxygens (including phenoxy) is 1. The summed E-state index contributed by atoms with van der Waals surface area (Å²) in [6, 6.07) is 17.8. The predicted molar refractivity (Wildman–Crippen MR) is 108 cm³/mol. The van der Waals surface area contributed by atoms with Gasteiger partial charge in [0.2, 0.25) is 0 Å². The number of aromatic nitrogens is 1. The maximum atomic E-state index is 12.4. The van der Waals surface area contributed by atoms with Gasteiger partial charge < -0.3 is 10.1 Å². The van der Waals surface area contributed by atoms with Gasteiger partial charge in [-0.25, -0.2) is 0 Å². The maximum Gasteiger partial charge on any atom is 0.265 e. The number of carbonyl (C=O) groups excluding carboxylic acids is 1. The van der Waals surface area contributed by atoms with Crippen LogP contribution < -0.4 is 10.1 Å². The van der Waals surface area contributed by atoms with Crippen LogP contribution in [0.15, 0.2) is 67.0 Å². The highest BCUT2D eigenvalue weighted by Crippen LogP contribution is 2.19. The molecule has 3 aromatic rings. The van der Waals surface area contributed by atoms with Crippen molar-refractivity contribution in [3.05, 3.63) is 89.2 Å². The topological polar surface area (TPSA) is 51.2 Å². The van der Waals surface area contributed by atoms with Crippen LogP contribution in [0.5, 0.6) is 5.75 Å². The second-order valence-electron chi connectivity index (χ2n) is 6.80. The molecule has 1 N–H and O–H groups in total. The number of pyridine rings is 1. The fourth-order valence-corrected chi connectivity index (χ4v) is 2.94. The average molecular weight is 360 g/mol. The minimum Gasteiger partial charge on any atom is -0.481 e. The Labute approximate surface area is 160 Å². The molecule has 0 aliphatic heterocycles. The molecule has 0 fully saturated rings. The Morgan fingerprint density at radius 3 is 2.19 bits per heavy atom. The zero-order valence-electron chi connectivity index (χ0n) is 15.9. The van der Waals surface area contributed by atoms with Crippen molar-refractivity contribution < 1.29 is 9.53 Å². The highest BCUT2D eigenvalue weighted by molar-refractivity contribution is 5.94. The van der Waals surface area contributed by atoms with Gasteiger partial charge in [-0.1, -0.05) is 18.2 Å². The van der Waals surface area contributed by atoms with Gasteiger partial charge in [0.05, 0.1) is 0 Å². The van der Waals surface area contributed by atoms with Crippen molar-refractivity contribution in [1.82, 2.24) is 4.98 Å². The first-order valence-electron chi connectivity index (χ1n) is 9.03. The summed E-state index contributed by atoms with van der Waals surface area (Å²) in [5.74, 6) is 0.541. The lowest BCUT2D eigenvalue weighted by Gasteiger charge is -2.16. The number of carbonyl (C=O) groups is 1. The third-order valence-corrected chi connectivity index (χ3v) is 4.26. The first kappa shape index (κ1) is 18.6. The predicted octanol–water partition coefficient (Wildman–Crippen LogP) is 4.70. The van der Waals surface area contributed by atoms with Crippen molar-refractivity contribution in [3.8, 4) is 5.75 Å². The Bertz CT molecular complexity index is 885. The molecule has 1 aromatic heterocycles. The van der Waals surface area contributed by atoms with Gasteiger partial charge in [-0.05, 0) is 85.8 Å². The van der Waals surface area contributed by atoms with Crippen molar-refractivity contribution >= 4 is 11.6 Å². The van der Waals surface area contributed by atoms with Gasteiger partial charge in [-0.3, -0.25) is 9.78 Å². The summed E-state index contributed by atoms with van der Waals surface area (Å²) < 4.78 is 5.79. The van der Waals surface area contributed by atoms with Gasteiger partial charge in [0.1, 0.15) is 5.75 Å². The Morgan fingerprint density at radius 1 is 0.963 bits per heavy atom. The summed E-state index contributed by atoms with van der Waals surface area (Å²) in [5.41, 5.74) is 5.37. The second-order valence-corrected chi connectivity index (χ2v) is 6.80. The van der Waals surface area contributed by atoms with E-state index in [1.807, 2.05) is 62.4 Å². The number of aryl methyl sites for hydroxylation is 2. The molecule has 0 radical (unpaired) electrons. The molecule has 3 rings (SSSR count). The molecule has 27 heavy (non-hydrogen) atoms. The Hall–Kier alpha value is -3.14. The maximum absolute atomic E-state index is 12.4. The lowest BCUT2D eigenvalue weighted by Crippen LogP contribution is -2.30. The molecule has 0 bridgehead atoms. The molecule has 1 amide bonds. The van der Waals surface area contributed by atoms with E-state index in [-0.39, 0.29) is 5.91 Å². The van der Waals surface area contributed by atoms with Crippen molar-refractivity contribution in [2.45, 2.75) is 33.3 Å². The second kappa shape index (κ2) is 8.49. The molecule has 1 heterocycles. The van der Waals surface area contributed by atoms with E-state index in [1.54, 1.807) is 19.3 Å². The summed E-state index contributed by atoms with van der Waals surface area (Å²) in [5, 5.41) is 2.91. The van der Waals surface area contributed by atoms with Crippen LogP contribution in [0.1, 0.15) is 29.2 Å². The molecule has 2 aromatic carbocycles. The summed E-state index contributed by atoms with van der Waals surface area (Å²) in [6.07, 6.45) is 3.84. The van der Waals surface area contributed by atoms with Crippen LogP contribution in [0.4, 0.5) is 5.69 Å². The van der Waals surface area contributed by atoms with E-state index in [0.29, 0.717) is 5.75 Å². The third kappa shape index (κ3) is 5.42. The molecule has 0 aliphatic carbocycles. The number of amides is 1. The molecule has 0 aliphatic rings. The zero-order valence-corrected chi connectivity index (χ0v) is 15.9. The standard InChI is InChI=1S/C23H24N2O2/c1-16-12-17(2)14-22(13-16)27-18(3)23(26)25-21-6-4-19(5-7-21)15-20-8-10-24-11-9-20/h4-14,18H,15H2,1-3H3,(H,25,26). The number of hydrogen-bond acceptors (Lipinski definition) is 3. The van der Waals surface area contributed by atoms with E-state index in [4.69, 9.17) is 4.74 Å². The van der Waals surface area contributed by atoms with Crippen LogP contribution in [0.3, 0.4) is 0 Å². The third-order valence-electron chi connectivity index (χ3n) is 4.26. The fourth-order valence-electron chi connectivity index (χ4n) is 2.94. The summed E-state index contributed by atoms with van der Waals surface area (Å²) >= 11 is 0. The lowest BCUT2D eigenvalue weighted by atomic mass is 10.1. The minimum absolute atomic E-state index is 0.170. The van der Waals surface area contributed by atoms with Crippen LogP contribution >= 0.6 is 0 Å². The first-order valence-corrected chi connectivity index (χ1v) is 9.03. The van der Waals surface area contributed by atoms with Crippen LogP contribution in [-0.4, -0.2) is 17.0 Å². The number of benzene rings is 2. The van der Waals surface area contributed by atoms with Crippen LogP contribution in [0, 0.1) is 13.8 Å². The number of rotatable bonds is 6. The molecular weight excluding hydrogens is 336 g/mol. The molecule has 0 spiro atoms. The van der Waals surface area contributed by atoms with Gasteiger partial charge in [-0.15, -0.1) is 0 Å². The quantitative estimate of drug-likeness (QED) is 0.693. The molecule has 0 saturated heterocycles. The fraction of sp³-hybridized carbons (Fsp3) is 0.217. The van der Waals surface area contributed by atoms with E-state index < -0.39 is 6.10 Å². The van der Waals surface area contributed by atoms with Gasteiger partial charge in [0.15, 0.2) is 6.10 Å². The van der Waals surface area contributed by atoms with Gasteiger partial charge in [0, 0.05) is 18.1 Å². The summed E-state index contributed by atoms with van der Waals surface area (Å²) in [7, 11) is 0. The molecule has 1 atom stereocenters. The molecule has 4 heteroatoms. The largest absolute Gasteiger partial charge is 0.481 e. The van der Waals surface area contributed by atoms with E-state index in [2.05, 4.69) is 16.4 Å². The smallest absolute Gasteiger partial charge is 0.265 e. The normalized spacial score (nSPS) is 11.7. The van der Waals surface area contributed by atoms with Crippen molar-refractivity contribution in [3.63, 3.8) is 0 Å². The highest BCUT2D eigenvalue weighted by atomic mass is 16.5. The van der Waals surface area contributed by atoms with Crippen LogP contribution in [0.25, 0.3) is 0 Å². The highest BCUT2D eigenvalue weighted by Gasteiger charge is 2.15. The SMILES string of the molecule is Cc1cc(C)cc(OC(C)C(=O)Nc2ccc(Cc3ccncc3)cc2)c1. The van der Waals surface area contributed by atoms with Crippen LogP contribution in [0.2, 0.25) is 0 Å². The van der Waals surface area contributed by atoms with E-state index in [9.17, 15) is 4.79 Å². The van der Waals surface area contributed by atoms with Crippen molar-refractivity contribution in [1.29, 1.82) is 0 Å². The average Bonchev–Trinajstić information content (AvgIpc) is 2.63. The molecule has 138 valence electrons. The van der Waals surface area contributed by atoms with Gasteiger partial charge in [-0.2, -0.15) is 0 Å². The zero-order chi connectivity index (χ0) is 19.2. The Balaban J connectivity index is 1.58. The Morgan fingerprint density at radius 2 is 1.56 bits per heavy atom. The summed E-state index contributed by atoms with van der Waals surface area (Å²) in [6.45, 7) is 5.78. The molecular formula is C23H24N2O2. The van der Waals surface area contributed by atoms with E-state index in [0.717, 1.165) is 23.2 Å². The van der Waals surface area contributed by atoms with Gasteiger partial charge >= 0.3 is 0 Å². The molecule has 0 saturated carbocycles. The molecule has 4 nitrogen and oxygen atoms in total. The van der Waals surface area contributed by atoms with Gasteiger partial charge in [0.25, 0.3) is 5.91 Å². The van der Waals surface area contributed by atoms with Crippen molar-refractivity contribution in [2.24, 2.45) is 0 Å². The summed E-state index contributed by atoms with van der Waals surface area (Å²) in [4.78, 5) is 16.4. The van der Waals surface area contributed by atoms with Crippen molar-refractivity contribution in [2.75, 3.05) is 5.32 Å². The first-order chi connectivity index (χ1) is 13.0.